The van der Waals surface area contributed by atoms with E-state index >= 15 is 0 Å². The highest BCUT2D eigenvalue weighted by Gasteiger charge is 2.37. The van der Waals surface area contributed by atoms with Crippen LogP contribution in [0.2, 0.25) is 0 Å². The third kappa shape index (κ3) is 4.54. The summed E-state index contributed by atoms with van der Waals surface area (Å²) >= 11 is 0. The normalized spacial score (nSPS) is 48.0. The van der Waals surface area contributed by atoms with E-state index in [4.69, 9.17) is 0 Å². The van der Waals surface area contributed by atoms with E-state index in [1.807, 2.05) is 0 Å². The van der Waals surface area contributed by atoms with E-state index in [2.05, 4.69) is 19.6 Å². The van der Waals surface area contributed by atoms with Crippen LogP contribution in [0.25, 0.3) is 0 Å². The zero-order chi connectivity index (χ0) is 17.2. The molecular formula is C25H42. The Balaban J connectivity index is 1.16. The standard InChI is InChI=1S/C25H42/c1-3-19-4-8-21(9-5-19)23-12-14-24(15-13-23)22-10-6-20(7-11-22)17-25-16-18(25)2/h3,18-25H,1,4-17H2,2H3. The monoisotopic (exact) mass is 342 g/mol. The van der Waals surface area contributed by atoms with E-state index in [0.29, 0.717) is 0 Å². The Labute approximate surface area is 157 Å². The molecule has 2 unspecified atom stereocenters. The van der Waals surface area contributed by atoms with Crippen LogP contribution >= 0.6 is 0 Å². The second-order valence-electron chi connectivity index (χ2n) is 10.6. The molecule has 4 saturated carbocycles. The first-order valence-electron chi connectivity index (χ1n) is 11.9. The smallest absolute Gasteiger partial charge is 0.0236 e. The van der Waals surface area contributed by atoms with Gasteiger partial charge in [0.2, 0.25) is 0 Å². The molecule has 0 aliphatic heterocycles. The SMILES string of the molecule is C=CC1CCC(C2CCC(C3CCC(CC4CC4C)CC3)CC2)CC1. The summed E-state index contributed by atoms with van der Waals surface area (Å²) in [5.74, 6) is 8.46. The molecule has 0 bridgehead atoms. The van der Waals surface area contributed by atoms with E-state index in [-0.39, 0.29) is 0 Å². The number of hydrogen-bond acceptors (Lipinski definition) is 0. The second-order valence-corrected chi connectivity index (χ2v) is 10.6. The first-order valence-corrected chi connectivity index (χ1v) is 11.9. The van der Waals surface area contributed by atoms with Crippen molar-refractivity contribution in [3.63, 3.8) is 0 Å². The molecule has 4 aliphatic carbocycles. The zero-order valence-electron chi connectivity index (χ0n) is 16.8. The van der Waals surface area contributed by atoms with Crippen LogP contribution in [0.4, 0.5) is 0 Å². The summed E-state index contributed by atoms with van der Waals surface area (Å²) < 4.78 is 0. The maximum Gasteiger partial charge on any atom is -0.0236 e. The second kappa shape index (κ2) is 8.18. The van der Waals surface area contributed by atoms with Gasteiger partial charge in [-0.15, -0.1) is 6.58 Å². The Kier molecular flexibility index (Phi) is 5.93. The van der Waals surface area contributed by atoms with Crippen molar-refractivity contribution in [2.24, 2.45) is 47.3 Å². The fraction of sp³-hybridized carbons (Fsp3) is 0.920. The molecule has 0 heteroatoms. The van der Waals surface area contributed by atoms with Crippen molar-refractivity contribution in [2.45, 2.75) is 96.8 Å². The Bertz CT molecular complexity index is 413. The molecule has 0 aromatic rings. The number of hydrogen-bond donors (Lipinski definition) is 0. The van der Waals surface area contributed by atoms with Gasteiger partial charge in [0.15, 0.2) is 0 Å². The van der Waals surface area contributed by atoms with Crippen molar-refractivity contribution in [1.29, 1.82) is 0 Å². The van der Waals surface area contributed by atoms with Gasteiger partial charge in [0.05, 0.1) is 0 Å². The van der Waals surface area contributed by atoms with Crippen LogP contribution in [0.3, 0.4) is 0 Å². The van der Waals surface area contributed by atoms with Crippen LogP contribution < -0.4 is 0 Å². The zero-order valence-corrected chi connectivity index (χ0v) is 16.8. The summed E-state index contributed by atoms with van der Waals surface area (Å²) in [5.41, 5.74) is 0. The Morgan fingerprint density at radius 1 is 0.680 bits per heavy atom. The van der Waals surface area contributed by atoms with Crippen molar-refractivity contribution < 1.29 is 0 Å². The molecule has 4 rings (SSSR count). The van der Waals surface area contributed by atoms with Crippen LogP contribution in [-0.4, -0.2) is 0 Å². The van der Waals surface area contributed by atoms with Crippen molar-refractivity contribution in [3.05, 3.63) is 12.7 Å². The fourth-order valence-corrected chi connectivity index (χ4v) is 6.99. The average Bonchev–Trinajstić information content (AvgIpc) is 3.37. The molecule has 4 fully saturated rings. The molecule has 25 heavy (non-hydrogen) atoms. The molecule has 0 heterocycles. The number of allylic oxidation sites excluding steroid dienone is 1. The third-order valence-corrected chi connectivity index (χ3v) is 9.10. The first kappa shape index (κ1) is 18.1. The largest absolute Gasteiger partial charge is 0.103 e. The molecule has 142 valence electrons. The summed E-state index contributed by atoms with van der Waals surface area (Å²) in [4.78, 5) is 0. The van der Waals surface area contributed by atoms with Crippen LogP contribution in [0.5, 0.6) is 0 Å². The van der Waals surface area contributed by atoms with Gasteiger partial charge in [-0.2, -0.15) is 0 Å². The van der Waals surface area contributed by atoms with E-state index in [1.165, 1.54) is 25.7 Å². The maximum atomic E-state index is 4.01. The summed E-state index contributed by atoms with van der Waals surface area (Å²) in [7, 11) is 0. The maximum absolute atomic E-state index is 4.01. The van der Waals surface area contributed by atoms with Crippen molar-refractivity contribution in [2.75, 3.05) is 0 Å². The van der Waals surface area contributed by atoms with Crippen LogP contribution in [-0.2, 0) is 0 Å². The van der Waals surface area contributed by atoms with Gasteiger partial charge in [-0.3, -0.25) is 0 Å². The Morgan fingerprint density at radius 3 is 1.48 bits per heavy atom. The van der Waals surface area contributed by atoms with E-state index in [0.717, 1.165) is 47.3 Å². The fourth-order valence-electron chi connectivity index (χ4n) is 6.99. The predicted octanol–water partition coefficient (Wildman–Crippen LogP) is 7.64. The Hall–Kier alpha value is -0.260. The number of rotatable bonds is 5. The topological polar surface area (TPSA) is 0 Å². The van der Waals surface area contributed by atoms with Crippen LogP contribution in [0.1, 0.15) is 96.8 Å². The highest BCUT2D eigenvalue weighted by molar-refractivity contribution is 4.90. The van der Waals surface area contributed by atoms with E-state index < -0.39 is 0 Å². The van der Waals surface area contributed by atoms with Crippen LogP contribution in [0.15, 0.2) is 12.7 Å². The average molecular weight is 343 g/mol. The summed E-state index contributed by atoms with van der Waals surface area (Å²) in [6.45, 7) is 6.47. The molecule has 0 nitrogen and oxygen atoms in total. The molecule has 0 radical (unpaired) electrons. The lowest BCUT2D eigenvalue weighted by atomic mass is 9.65. The third-order valence-electron chi connectivity index (χ3n) is 9.10. The van der Waals surface area contributed by atoms with Crippen molar-refractivity contribution in [1.82, 2.24) is 0 Å². The minimum atomic E-state index is 0.835. The summed E-state index contributed by atoms with van der Waals surface area (Å²) in [6.07, 6.45) is 23.7. The lowest BCUT2D eigenvalue weighted by Crippen LogP contribution is -2.29. The molecule has 0 amide bonds. The van der Waals surface area contributed by atoms with Gasteiger partial charge in [0.25, 0.3) is 0 Å². The minimum Gasteiger partial charge on any atom is -0.103 e. The molecule has 0 saturated heterocycles. The van der Waals surface area contributed by atoms with E-state index in [9.17, 15) is 0 Å². The highest BCUT2D eigenvalue weighted by Crippen LogP contribution is 2.49. The highest BCUT2D eigenvalue weighted by atomic mass is 14.4. The summed E-state index contributed by atoms with van der Waals surface area (Å²) in [5, 5.41) is 0. The van der Waals surface area contributed by atoms with Gasteiger partial charge in [-0.25, -0.2) is 0 Å². The van der Waals surface area contributed by atoms with E-state index in [1.54, 1.807) is 64.2 Å². The summed E-state index contributed by atoms with van der Waals surface area (Å²) in [6, 6.07) is 0. The Morgan fingerprint density at radius 2 is 1.08 bits per heavy atom. The lowest BCUT2D eigenvalue weighted by molar-refractivity contribution is 0.106. The minimum absolute atomic E-state index is 0.835. The van der Waals surface area contributed by atoms with Gasteiger partial charge >= 0.3 is 0 Å². The van der Waals surface area contributed by atoms with Gasteiger partial charge in [-0.05, 0) is 124 Å². The molecule has 2 atom stereocenters. The van der Waals surface area contributed by atoms with Gasteiger partial charge in [-0.1, -0.05) is 25.8 Å². The van der Waals surface area contributed by atoms with Gasteiger partial charge in [0.1, 0.15) is 0 Å². The first-order chi connectivity index (χ1) is 12.2. The molecule has 0 N–H and O–H groups in total. The molecule has 4 aliphatic rings. The molecule has 0 spiro atoms. The molecule has 0 aromatic carbocycles. The molecular weight excluding hydrogens is 300 g/mol. The lowest BCUT2D eigenvalue weighted by Gasteiger charge is -2.41. The quantitative estimate of drug-likeness (QED) is 0.450. The van der Waals surface area contributed by atoms with Crippen molar-refractivity contribution in [3.8, 4) is 0 Å². The van der Waals surface area contributed by atoms with Crippen molar-refractivity contribution >= 4 is 0 Å². The van der Waals surface area contributed by atoms with Gasteiger partial charge in [0, 0.05) is 0 Å². The molecule has 0 aromatic heterocycles. The van der Waals surface area contributed by atoms with Crippen LogP contribution in [0, 0.1) is 47.3 Å². The van der Waals surface area contributed by atoms with Gasteiger partial charge < -0.3 is 0 Å². The predicted molar refractivity (Wildman–Crippen MR) is 108 cm³/mol.